The van der Waals surface area contributed by atoms with Crippen molar-refractivity contribution in [2.45, 2.75) is 33.1 Å². The van der Waals surface area contributed by atoms with Gasteiger partial charge in [-0.2, -0.15) is 0 Å². The molecular weight excluding hydrogens is 208 g/mol. The average Bonchev–Trinajstić information content (AvgIpc) is 2.70. The fourth-order valence-corrected chi connectivity index (χ4v) is 2.40. The number of carbonyl (C=O) groups excluding carboxylic acids is 1. The number of ether oxygens (including phenoxy) is 1. The second-order valence-electron chi connectivity index (χ2n) is 3.81. The smallest absolute Gasteiger partial charge is 0.308 e. The standard InChI is InChI=1S/C12H18O2S/c1-4-14-12(13)10(3)8-9(2)11-6-5-7-15-11/h5-7,9-10H,4,8H2,1-3H3. The van der Waals surface area contributed by atoms with E-state index in [9.17, 15) is 4.79 Å². The lowest BCUT2D eigenvalue weighted by Crippen LogP contribution is -2.16. The summed E-state index contributed by atoms with van der Waals surface area (Å²) >= 11 is 1.75. The number of esters is 1. The van der Waals surface area contributed by atoms with Gasteiger partial charge in [0.05, 0.1) is 12.5 Å². The number of thiophene rings is 1. The maximum Gasteiger partial charge on any atom is 0.308 e. The zero-order valence-corrected chi connectivity index (χ0v) is 10.3. The van der Waals surface area contributed by atoms with Gasteiger partial charge in [0, 0.05) is 4.88 Å². The van der Waals surface area contributed by atoms with Gasteiger partial charge in [-0.1, -0.05) is 19.9 Å². The minimum absolute atomic E-state index is 0.0120. The summed E-state index contributed by atoms with van der Waals surface area (Å²) in [5, 5.41) is 2.07. The zero-order valence-electron chi connectivity index (χ0n) is 9.53. The van der Waals surface area contributed by atoms with Gasteiger partial charge >= 0.3 is 5.97 Å². The van der Waals surface area contributed by atoms with E-state index in [1.165, 1.54) is 4.88 Å². The molecular formula is C12H18O2S. The van der Waals surface area contributed by atoms with Crippen LogP contribution in [-0.2, 0) is 9.53 Å². The summed E-state index contributed by atoms with van der Waals surface area (Å²) in [5.74, 6) is 0.340. The van der Waals surface area contributed by atoms with Crippen LogP contribution in [0.1, 0.15) is 38.0 Å². The quantitative estimate of drug-likeness (QED) is 0.719. The predicted octanol–water partition coefficient (Wildman–Crippen LogP) is 3.44. The molecule has 0 aliphatic heterocycles. The molecule has 0 fully saturated rings. The summed E-state index contributed by atoms with van der Waals surface area (Å²) in [7, 11) is 0. The minimum Gasteiger partial charge on any atom is -0.466 e. The van der Waals surface area contributed by atoms with Gasteiger partial charge in [0.2, 0.25) is 0 Å². The highest BCUT2D eigenvalue weighted by Gasteiger charge is 2.18. The van der Waals surface area contributed by atoms with Gasteiger partial charge in [-0.15, -0.1) is 11.3 Å². The molecule has 0 N–H and O–H groups in total. The highest BCUT2D eigenvalue weighted by atomic mass is 32.1. The van der Waals surface area contributed by atoms with E-state index in [-0.39, 0.29) is 11.9 Å². The van der Waals surface area contributed by atoms with E-state index in [0.29, 0.717) is 12.5 Å². The molecule has 0 bridgehead atoms. The second kappa shape index (κ2) is 5.91. The molecule has 0 amide bonds. The molecule has 0 radical (unpaired) electrons. The first-order valence-corrected chi connectivity index (χ1v) is 6.23. The van der Waals surface area contributed by atoms with Gasteiger partial charge in [-0.3, -0.25) is 4.79 Å². The first-order valence-electron chi connectivity index (χ1n) is 5.35. The maximum absolute atomic E-state index is 11.4. The van der Waals surface area contributed by atoms with Crippen molar-refractivity contribution in [1.29, 1.82) is 0 Å². The Morgan fingerprint density at radius 3 is 2.80 bits per heavy atom. The highest BCUT2D eigenvalue weighted by molar-refractivity contribution is 7.10. The Hall–Kier alpha value is -0.830. The van der Waals surface area contributed by atoms with E-state index in [1.807, 2.05) is 19.9 Å². The Balaban J connectivity index is 2.44. The van der Waals surface area contributed by atoms with Gasteiger partial charge in [0.15, 0.2) is 0 Å². The molecule has 15 heavy (non-hydrogen) atoms. The summed E-state index contributed by atoms with van der Waals surface area (Å²) in [5.41, 5.74) is 0. The van der Waals surface area contributed by atoms with Crippen molar-refractivity contribution in [2.24, 2.45) is 5.92 Å². The van der Waals surface area contributed by atoms with E-state index >= 15 is 0 Å². The predicted molar refractivity (Wildman–Crippen MR) is 63.1 cm³/mol. The third-order valence-corrected chi connectivity index (χ3v) is 3.53. The monoisotopic (exact) mass is 226 g/mol. The molecule has 0 aromatic carbocycles. The lowest BCUT2D eigenvalue weighted by molar-refractivity contribution is -0.147. The third kappa shape index (κ3) is 3.67. The topological polar surface area (TPSA) is 26.3 Å². The molecule has 0 aliphatic carbocycles. The van der Waals surface area contributed by atoms with Crippen LogP contribution in [0.4, 0.5) is 0 Å². The first-order chi connectivity index (χ1) is 7.15. The molecule has 84 valence electrons. The molecule has 3 heteroatoms. The van der Waals surface area contributed by atoms with E-state index in [4.69, 9.17) is 4.74 Å². The van der Waals surface area contributed by atoms with Gasteiger partial charge in [0.25, 0.3) is 0 Å². The van der Waals surface area contributed by atoms with Crippen LogP contribution in [0.3, 0.4) is 0 Å². The van der Waals surface area contributed by atoms with Gasteiger partial charge in [-0.25, -0.2) is 0 Å². The van der Waals surface area contributed by atoms with Crippen molar-refractivity contribution >= 4 is 17.3 Å². The first kappa shape index (κ1) is 12.2. The van der Waals surface area contributed by atoms with Crippen LogP contribution >= 0.6 is 11.3 Å². The Bertz CT molecular complexity index is 293. The van der Waals surface area contributed by atoms with E-state index in [0.717, 1.165) is 6.42 Å². The fourth-order valence-electron chi connectivity index (χ4n) is 1.60. The molecule has 1 rings (SSSR count). The summed E-state index contributed by atoms with van der Waals surface area (Å²) in [4.78, 5) is 12.8. The Labute approximate surface area is 95.3 Å². The minimum atomic E-state index is -0.0825. The number of carbonyl (C=O) groups is 1. The van der Waals surface area contributed by atoms with Crippen LogP contribution in [-0.4, -0.2) is 12.6 Å². The summed E-state index contributed by atoms with van der Waals surface area (Å²) in [6.45, 7) is 6.40. The maximum atomic E-state index is 11.4. The summed E-state index contributed by atoms with van der Waals surface area (Å²) in [6.07, 6.45) is 0.860. The average molecular weight is 226 g/mol. The summed E-state index contributed by atoms with van der Waals surface area (Å²) < 4.78 is 4.99. The lowest BCUT2D eigenvalue weighted by Gasteiger charge is -2.14. The zero-order chi connectivity index (χ0) is 11.3. The number of hydrogen-bond acceptors (Lipinski definition) is 3. The highest BCUT2D eigenvalue weighted by Crippen LogP contribution is 2.27. The fraction of sp³-hybridized carbons (Fsp3) is 0.583. The van der Waals surface area contributed by atoms with Crippen molar-refractivity contribution in [2.75, 3.05) is 6.61 Å². The van der Waals surface area contributed by atoms with E-state index < -0.39 is 0 Å². The van der Waals surface area contributed by atoms with Crippen molar-refractivity contribution < 1.29 is 9.53 Å². The molecule has 2 unspecified atom stereocenters. The van der Waals surface area contributed by atoms with Crippen LogP contribution < -0.4 is 0 Å². The lowest BCUT2D eigenvalue weighted by atomic mass is 9.96. The van der Waals surface area contributed by atoms with E-state index in [2.05, 4.69) is 18.4 Å². The third-order valence-electron chi connectivity index (χ3n) is 2.42. The molecule has 0 saturated carbocycles. The number of rotatable bonds is 5. The van der Waals surface area contributed by atoms with Crippen molar-refractivity contribution in [1.82, 2.24) is 0 Å². The van der Waals surface area contributed by atoms with Crippen molar-refractivity contribution in [3.8, 4) is 0 Å². The van der Waals surface area contributed by atoms with Crippen molar-refractivity contribution in [3.05, 3.63) is 22.4 Å². The van der Waals surface area contributed by atoms with Crippen LogP contribution in [0.15, 0.2) is 17.5 Å². The molecule has 2 atom stereocenters. The van der Waals surface area contributed by atoms with Gasteiger partial charge in [0.1, 0.15) is 0 Å². The molecule has 1 aromatic heterocycles. The largest absolute Gasteiger partial charge is 0.466 e. The van der Waals surface area contributed by atoms with Crippen LogP contribution in [0, 0.1) is 5.92 Å². The van der Waals surface area contributed by atoms with Gasteiger partial charge in [-0.05, 0) is 30.7 Å². The summed E-state index contributed by atoms with van der Waals surface area (Å²) in [6, 6.07) is 4.17. The molecule has 2 nitrogen and oxygen atoms in total. The van der Waals surface area contributed by atoms with Crippen LogP contribution in [0.5, 0.6) is 0 Å². The molecule has 0 saturated heterocycles. The Kier molecular flexibility index (Phi) is 4.82. The SMILES string of the molecule is CCOC(=O)C(C)CC(C)c1cccs1. The normalized spacial score (nSPS) is 14.6. The molecule has 1 heterocycles. The van der Waals surface area contributed by atoms with Crippen molar-refractivity contribution in [3.63, 3.8) is 0 Å². The van der Waals surface area contributed by atoms with Crippen LogP contribution in [0.2, 0.25) is 0 Å². The van der Waals surface area contributed by atoms with E-state index in [1.54, 1.807) is 11.3 Å². The number of hydrogen-bond donors (Lipinski definition) is 0. The molecule has 0 spiro atoms. The van der Waals surface area contributed by atoms with Gasteiger partial charge < -0.3 is 4.74 Å². The Morgan fingerprint density at radius 1 is 1.53 bits per heavy atom. The van der Waals surface area contributed by atoms with Crippen LogP contribution in [0.25, 0.3) is 0 Å². The molecule has 0 aliphatic rings. The molecule has 1 aromatic rings. The Morgan fingerprint density at radius 2 is 2.27 bits per heavy atom. The second-order valence-corrected chi connectivity index (χ2v) is 4.78.